The first-order valence-electron chi connectivity index (χ1n) is 5.45. The topological polar surface area (TPSA) is 12.5 Å². The van der Waals surface area contributed by atoms with Crippen LogP contribution in [0.25, 0.3) is 0 Å². The van der Waals surface area contributed by atoms with E-state index in [0.29, 0.717) is 10.4 Å². The van der Waals surface area contributed by atoms with E-state index in [2.05, 4.69) is 36.7 Å². The fourth-order valence-corrected chi connectivity index (χ4v) is 2.29. The van der Waals surface area contributed by atoms with Crippen LogP contribution in [-0.4, -0.2) is 17.0 Å². The van der Waals surface area contributed by atoms with E-state index in [4.69, 9.17) is 4.74 Å². The van der Waals surface area contributed by atoms with E-state index in [1.165, 1.54) is 25.7 Å². The van der Waals surface area contributed by atoms with Crippen LogP contribution in [0, 0.1) is 5.92 Å². The van der Waals surface area contributed by atoms with Gasteiger partial charge in [0.1, 0.15) is 0 Å². The first-order chi connectivity index (χ1) is 6.15. The maximum Gasteiger partial charge on any atom is 0.0838 e. The fourth-order valence-electron chi connectivity index (χ4n) is 1.87. The summed E-state index contributed by atoms with van der Waals surface area (Å²) in [6.45, 7) is 7.79. The van der Waals surface area contributed by atoms with E-state index in [1.54, 1.807) is 0 Å². The van der Waals surface area contributed by atoms with Gasteiger partial charge >= 0.3 is 0 Å². The first-order valence-corrected chi connectivity index (χ1v) is 6.25. The Morgan fingerprint density at radius 3 is 2.23 bits per heavy atom. The van der Waals surface area contributed by atoms with Crippen LogP contribution in [0.4, 0.5) is 0 Å². The molecule has 0 aromatic rings. The van der Waals surface area contributed by atoms with Crippen LogP contribution < -0.4 is 0 Å². The molecule has 13 heavy (non-hydrogen) atoms. The molecule has 0 aliphatic carbocycles. The molecule has 1 rings (SSSR count). The van der Waals surface area contributed by atoms with Crippen molar-refractivity contribution in [1.82, 2.24) is 0 Å². The van der Waals surface area contributed by atoms with Crippen LogP contribution in [0.3, 0.4) is 0 Å². The summed E-state index contributed by atoms with van der Waals surface area (Å²) >= 11 is 3.87. The van der Waals surface area contributed by atoms with E-state index in [0.717, 1.165) is 12.5 Å². The van der Waals surface area contributed by atoms with Crippen molar-refractivity contribution in [3.05, 3.63) is 0 Å². The van der Waals surface area contributed by atoms with Crippen LogP contribution in [-0.2, 0) is 4.74 Å². The quantitative estimate of drug-likeness (QED) is 0.516. The highest BCUT2D eigenvalue weighted by atomic mass is 79.9. The van der Waals surface area contributed by atoms with Gasteiger partial charge in [-0.3, -0.25) is 0 Å². The third-order valence-corrected chi connectivity index (χ3v) is 4.75. The maximum absolute atomic E-state index is 5.38. The van der Waals surface area contributed by atoms with Crippen molar-refractivity contribution in [3.63, 3.8) is 0 Å². The van der Waals surface area contributed by atoms with Crippen molar-refractivity contribution >= 4 is 15.9 Å². The molecule has 1 aliphatic rings. The summed E-state index contributed by atoms with van der Waals surface area (Å²) in [6, 6.07) is 0. The molecule has 0 spiro atoms. The third kappa shape index (κ3) is 3.25. The largest absolute Gasteiger partial charge is 0.373 e. The van der Waals surface area contributed by atoms with E-state index in [9.17, 15) is 0 Å². The second-order valence-corrected chi connectivity index (χ2v) is 5.78. The van der Waals surface area contributed by atoms with Crippen molar-refractivity contribution in [3.8, 4) is 0 Å². The smallest absolute Gasteiger partial charge is 0.0838 e. The monoisotopic (exact) mass is 248 g/mol. The summed E-state index contributed by atoms with van der Waals surface area (Å²) in [4.78, 5) is 0. The Balaban J connectivity index is 2.42. The highest BCUT2D eigenvalue weighted by molar-refractivity contribution is 9.10. The Labute approximate surface area is 90.4 Å². The van der Waals surface area contributed by atoms with Gasteiger partial charge in [0.25, 0.3) is 0 Å². The summed E-state index contributed by atoms with van der Waals surface area (Å²) in [7, 11) is 0. The Kier molecular flexibility index (Phi) is 4.24. The molecule has 0 radical (unpaired) electrons. The van der Waals surface area contributed by atoms with Crippen molar-refractivity contribution in [2.45, 2.75) is 56.9 Å². The summed E-state index contributed by atoms with van der Waals surface area (Å²) in [5.74, 6) is 0.763. The lowest BCUT2D eigenvalue weighted by atomic mass is 9.87. The van der Waals surface area contributed by atoms with Gasteiger partial charge in [0.2, 0.25) is 0 Å². The fraction of sp³-hybridized carbons (Fsp3) is 1.00. The Morgan fingerprint density at radius 1 is 1.38 bits per heavy atom. The van der Waals surface area contributed by atoms with Gasteiger partial charge in [-0.2, -0.15) is 0 Å². The second kappa shape index (κ2) is 4.79. The predicted molar refractivity (Wildman–Crippen MR) is 60.4 cm³/mol. The summed E-state index contributed by atoms with van der Waals surface area (Å²) < 4.78 is 5.74. The zero-order valence-electron chi connectivity index (χ0n) is 8.98. The molecule has 2 unspecified atom stereocenters. The van der Waals surface area contributed by atoms with E-state index < -0.39 is 0 Å². The minimum atomic E-state index is 0.361. The van der Waals surface area contributed by atoms with Gasteiger partial charge in [-0.25, -0.2) is 0 Å². The zero-order chi connectivity index (χ0) is 9.90. The van der Waals surface area contributed by atoms with E-state index in [1.807, 2.05) is 0 Å². The lowest BCUT2D eigenvalue weighted by molar-refractivity contribution is 0.283. The minimum absolute atomic E-state index is 0.361. The lowest BCUT2D eigenvalue weighted by Gasteiger charge is -2.28. The molecule has 0 bridgehead atoms. The van der Waals surface area contributed by atoms with Gasteiger partial charge in [-0.1, -0.05) is 43.1 Å². The van der Waals surface area contributed by atoms with Crippen molar-refractivity contribution in [2.24, 2.45) is 5.92 Å². The van der Waals surface area contributed by atoms with E-state index in [-0.39, 0.29) is 0 Å². The third-order valence-electron chi connectivity index (χ3n) is 3.30. The van der Waals surface area contributed by atoms with Crippen LogP contribution in [0.1, 0.15) is 46.5 Å². The van der Waals surface area contributed by atoms with Gasteiger partial charge in [0.05, 0.1) is 12.7 Å². The average Bonchev–Trinajstić information content (AvgIpc) is 2.97. The number of alkyl halides is 1. The first kappa shape index (κ1) is 11.5. The van der Waals surface area contributed by atoms with Crippen LogP contribution >= 0.6 is 15.9 Å². The average molecular weight is 249 g/mol. The molecular formula is C11H21BrO. The standard InChI is InChI=1S/C11H21BrO/c1-4-9(10-8-13-10)7-11(12,5-2)6-3/h9-10H,4-8H2,1-3H3. The molecule has 78 valence electrons. The zero-order valence-corrected chi connectivity index (χ0v) is 10.6. The maximum atomic E-state index is 5.38. The minimum Gasteiger partial charge on any atom is -0.373 e. The molecule has 1 aliphatic heterocycles. The molecule has 1 heterocycles. The predicted octanol–water partition coefficient (Wildman–Crippen LogP) is 3.76. The van der Waals surface area contributed by atoms with Gasteiger partial charge < -0.3 is 4.74 Å². The molecule has 2 heteroatoms. The number of rotatable bonds is 6. The number of hydrogen-bond acceptors (Lipinski definition) is 1. The van der Waals surface area contributed by atoms with Crippen LogP contribution in [0.5, 0.6) is 0 Å². The van der Waals surface area contributed by atoms with Crippen LogP contribution in [0.15, 0.2) is 0 Å². The molecule has 0 saturated carbocycles. The number of hydrogen-bond donors (Lipinski definition) is 0. The molecule has 1 saturated heterocycles. The summed E-state index contributed by atoms with van der Waals surface area (Å²) in [6.07, 6.45) is 5.51. The SMILES string of the molecule is CCC(CC(Br)(CC)CC)C1CO1. The summed E-state index contributed by atoms with van der Waals surface area (Å²) in [5, 5.41) is 0. The van der Waals surface area contributed by atoms with Gasteiger partial charge in [-0.15, -0.1) is 0 Å². The lowest BCUT2D eigenvalue weighted by Crippen LogP contribution is -2.25. The number of ether oxygens (including phenoxy) is 1. The molecule has 1 nitrogen and oxygen atoms in total. The van der Waals surface area contributed by atoms with Crippen molar-refractivity contribution < 1.29 is 4.74 Å². The number of epoxide rings is 1. The molecule has 2 atom stereocenters. The molecule has 0 N–H and O–H groups in total. The molecular weight excluding hydrogens is 228 g/mol. The Morgan fingerprint density at radius 2 is 1.92 bits per heavy atom. The van der Waals surface area contributed by atoms with Gasteiger partial charge in [0.15, 0.2) is 0 Å². The normalized spacial score (nSPS) is 24.5. The second-order valence-electron chi connectivity index (χ2n) is 4.10. The van der Waals surface area contributed by atoms with Crippen molar-refractivity contribution in [2.75, 3.05) is 6.61 Å². The molecule has 1 fully saturated rings. The molecule has 0 amide bonds. The van der Waals surface area contributed by atoms with Crippen LogP contribution in [0.2, 0.25) is 0 Å². The Bertz CT molecular complexity index is 150. The highest BCUT2D eigenvalue weighted by Gasteiger charge is 2.36. The molecule has 0 aromatic heterocycles. The van der Waals surface area contributed by atoms with Gasteiger partial charge in [0, 0.05) is 4.32 Å². The van der Waals surface area contributed by atoms with Crippen molar-refractivity contribution in [1.29, 1.82) is 0 Å². The Hall–Kier alpha value is 0.440. The number of halogens is 1. The highest BCUT2D eigenvalue weighted by Crippen LogP contribution is 2.38. The van der Waals surface area contributed by atoms with Gasteiger partial charge in [-0.05, 0) is 25.2 Å². The van der Waals surface area contributed by atoms with E-state index >= 15 is 0 Å². The molecule has 0 aromatic carbocycles. The summed E-state index contributed by atoms with van der Waals surface area (Å²) in [5.41, 5.74) is 0.